The minimum absolute atomic E-state index is 0.0157. The van der Waals surface area contributed by atoms with Gasteiger partial charge >= 0.3 is 0 Å². The van der Waals surface area contributed by atoms with Gasteiger partial charge in [0.15, 0.2) is 5.78 Å². The van der Waals surface area contributed by atoms with Crippen LogP contribution in [0.1, 0.15) is 22.8 Å². The van der Waals surface area contributed by atoms with E-state index in [1.807, 2.05) is 0 Å². The van der Waals surface area contributed by atoms with Crippen molar-refractivity contribution in [3.05, 3.63) is 35.4 Å². The molecule has 0 aromatic heterocycles. The molecular weight excluding hydrogens is 188 g/mol. The molecule has 1 aromatic carbocycles. The molecule has 0 aliphatic heterocycles. The van der Waals surface area contributed by atoms with Crippen LogP contribution in [0.15, 0.2) is 24.3 Å². The summed E-state index contributed by atoms with van der Waals surface area (Å²) in [6.07, 6.45) is 0. The van der Waals surface area contributed by atoms with Crippen molar-refractivity contribution >= 4 is 16.5 Å². The zero-order valence-corrected chi connectivity index (χ0v) is 8.08. The van der Waals surface area contributed by atoms with Gasteiger partial charge in [-0.2, -0.15) is 0 Å². The number of carbonyl (C=O) groups excluding carboxylic acids is 1. The molecule has 0 bridgehead atoms. The first-order valence-corrected chi connectivity index (χ1v) is 5.17. The third-order valence-electron chi connectivity index (χ3n) is 1.67. The summed E-state index contributed by atoms with van der Waals surface area (Å²) in [4.78, 5) is 10.9. The van der Waals surface area contributed by atoms with Crippen LogP contribution >= 0.6 is 0 Å². The number of hydrogen-bond acceptors (Lipinski definition) is 3. The Labute approximate surface area is 78.3 Å². The monoisotopic (exact) mass is 198 g/mol. The third kappa shape index (κ3) is 2.99. The van der Waals surface area contributed by atoms with Gasteiger partial charge in [0.25, 0.3) is 0 Å². The molecule has 70 valence electrons. The van der Waals surface area contributed by atoms with Gasteiger partial charge in [-0.1, -0.05) is 24.3 Å². The van der Waals surface area contributed by atoms with Gasteiger partial charge in [0, 0.05) is 5.56 Å². The Kier molecular flexibility index (Phi) is 3.19. The zero-order chi connectivity index (χ0) is 9.84. The summed E-state index contributed by atoms with van der Waals surface area (Å²) >= 11 is 0. The normalized spacial score (nSPS) is 10.3. The largest absolute Gasteiger partial charge is 0.295 e. The molecule has 1 aromatic rings. The van der Waals surface area contributed by atoms with Crippen molar-refractivity contribution in [3.63, 3.8) is 0 Å². The third-order valence-corrected chi connectivity index (χ3v) is 2.30. The second kappa shape index (κ2) is 4.18. The highest BCUT2D eigenvalue weighted by molar-refractivity contribution is 7.71. The highest BCUT2D eigenvalue weighted by Crippen LogP contribution is 2.05. The smallest absolute Gasteiger partial charge is 0.159 e. The summed E-state index contributed by atoms with van der Waals surface area (Å²) in [5, 5.41) is 0. The van der Waals surface area contributed by atoms with Gasteiger partial charge in [0.1, 0.15) is 10.7 Å². The van der Waals surface area contributed by atoms with E-state index >= 15 is 0 Å². The maximum absolute atomic E-state index is 10.9. The van der Waals surface area contributed by atoms with Gasteiger partial charge in [-0.3, -0.25) is 4.79 Å². The minimum atomic E-state index is -2.39. The van der Waals surface area contributed by atoms with Crippen molar-refractivity contribution in [2.24, 2.45) is 0 Å². The highest BCUT2D eigenvalue weighted by atomic mass is 32.2. The average Bonchev–Trinajstić information content (AvgIpc) is 2.04. The van der Waals surface area contributed by atoms with E-state index in [0.717, 1.165) is 0 Å². The minimum Gasteiger partial charge on any atom is -0.295 e. The van der Waals surface area contributed by atoms with Crippen LogP contribution in [-0.2, 0) is 16.5 Å². The second-order valence-electron chi connectivity index (χ2n) is 2.74. The Morgan fingerprint density at radius 1 is 1.23 bits per heavy atom. The summed E-state index contributed by atoms with van der Waals surface area (Å²) < 4.78 is 20.7. The Bertz CT molecular complexity index is 368. The van der Waals surface area contributed by atoms with E-state index in [2.05, 4.69) is 0 Å². The molecule has 0 aliphatic rings. The van der Waals surface area contributed by atoms with E-state index in [-0.39, 0.29) is 11.5 Å². The summed E-state index contributed by atoms with van der Waals surface area (Å²) in [5.41, 5.74) is 1.31. The molecule has 0 atom stereocenters. The maximum atomic E-state index is 10.9. The van der Waals surface area contributed by atoms with Crippen molar-refractivity contribution in [2.45, 2.75) is 12.7 Å². The fraction of sp³-hybridized carbons (Fsp3) is 0.222. The molecule has 0 radical (unpaired) electrons. The van der Waals surface area contributed by atoms with Crippen molar-refractivity contribution in [3.8, 4) is 0 Å². The Balaban J connectivity index is 2.87. The predicted molar refractivity (Wildman–Crippen MR) is 50.5 cm³/mol. The molecule has 4 heteroatoms. The SMILES string of the molecule is CC(=O)c1ccc(C[SH](=O)=O)cc1. The number of benzene rings is 1. The topological polar surface area (TPSA) is 51.2 Å². The van der Waals surface area contributed by atoms with E-state index in [9.17, 15) is 13.2 Å². The van der Waals surface area contributed by atoms with E-state index in [0.29, 0.717) is 11.1 Å². The van der Waals surface area contributed by atoms with Gasteiger partial charge < -0.3 is 0 Å². The van der Waals surface area contributed by atoms with Crippen LogP contribution in [0.25, 0.3) is 0 Å². The fourth-order valence-corrected chi connectivity index (χ4v) is 1.50. The lowest BCUT2D eigenvalue weighted by Gasteiger charge is -1.96. The molecule has 0 heterocycles. The van der Waals surface area contributed by atoms with Crippen molar-refractivity contribution in [1.29, 1.82) is 0 Å². The molecule has 0 N–H and O–H groups in total. The van der Waals surface area contributed by atoms with Gasteiger partial charge in [-0.05, 0) is 12.5 Å². The summed E-state index contributed by atoms with van der Waals surface area (Å²) in [6.45, 7) is 1.48. The van der Waals surface area contributed by atoms with Crippen molar-refractivity contribution in [1.82, 2.24) is 0 Å². The molecule has 0 fully saturated rings. The van der Waals surface area contributed by atoms with Crippen molar-refractivity contribution < 1.29 is 13.2 Å². The molecule has 3 nitrogen and oxygen atoms in total. The quantitative estimate of drug-likeness (QED) is 0.582. The Morgan fingerprint density at radius 3 is 2.15 bits per heavy atom. The molecule has 0 amide bonds. The summed E-state index contributed by atoms with van der Waals surface area (Å²) in [5.74, 6) is 0.0196. The summed E-state index contributed by atoms with van der Waals surface area (Å²) in [7, 11) is -2.39. The van der Waals surface area contributed by atoms with Crippen LogP contribution < -0.4 is 0 Å². The Hall–Kier alpha value is -1.16. The first kappa shape index (κ1) is 9.92. The van der Waals surface area contributed by atoms with Gasteiger partial charge in [0.05, 0.1) is 5.75 Å². The van der Waals surface area contributed by atoms with E-state index < -0.39 is 10.7 Å². The molecule has 13 heavy (non-hydrogen) atoms. The average molecular weight is 198 g/mol. The van der Waals surface area contributed by atoms with Crippen LogP contribution in [0.5, 0.6) is 0 Å². The summed E-state index contributed by atoms with van der Waals surface area (Å²) in [6, 6.07) is 6.58. The lowest BCUT2D eigenvalue weighted by Crippen LogP contribution is -1.92. The number of ketones is 1. The first-order chi connectivity index (χ1) is 6.09. The molecule has 0 spiro atoms. The molecule has 0 unspecified atom stereocenters. The van der Waals surface area contributed by atoms with Crippen LogP contribution in [0.3, 0.4) is 0 Å². The predicted octanol–water partition coefficient (Wildman–Crippen LogP) is 1.00. The molecule has 0 saturated carbocycles. The standard InChI is InChI=1S/C9H10O3S/c1-7(10)9-4-2-8(3-5-9)6-13(11)12/h2-5,13H,6H2,1H3. The van der Waals surface area contributed by atoms with Crippen LogP contribution in [0.2, 0.25) is 0 Å². The van der Waals surface area contributed by atoms with Gasteiger partial charge in [0.2, 0.25) is 0 Å². The lowest BCUT2D eigenvalue weighted by molar-refractivity contribution is 0.101. The van der Waals surface area contributed by atoms with E-state index in [1.54, 1.807) is 24.3 Å². The number of Topliss-reactive ketones (excluding diaryl/α,β-unsaturated/α-hetero) is 1. The number of thiol groups is 1. The number of carbonyl (C=O) groups is 1. The van der Waals surface area contributed by atoms with Gasteiger partial charge in [-0.15, -0.1) is 0 Å². The Morgan fingerprint density at radius 2 is 1.77 bits per heavy atom. The van der Waals surface area contributed by atoms with Crippen LogP contribution in [-0.4, -0.2) is 14.2 Å². The maximum Gasteiger partial charge on any atom is 0.159 e. The fourth-order valence-electron chi connectivity index (χ4n) is 0.994. The first-order valence-electron chi connectivity index (χ1n) is 3.81. The lowest BCUT2D eigenvalue weighted by atomic mass is 10.1. The molecule has 1 rings (SSSR count). The molecule has 0 aliphatic carbocycles. The molecular formula is C9H10O3S. The second-order valence-corrected chi connectivity index (χ2v) is 3.73. The van der Waals surface area contributed by atoms with E-state index in [1.165, 1.54) is 6.92 Å². The molecule has 0 saturated heterocycles. The number of hydrogen-bond donors (Lipinski definition) is 1. The van der Waals surface area contributed by atoms with E-state index in [4.69, 9.17) is 0 Å². The number of rotatable bonds is 3. The van der Waals surface area contributed by atoms with Crippen LogP contribution in [0, 0.1) is 0 Å². The van der Waals surface area contributed by atoms with Crippen molar-refractivity contribution in [2.75, 3.05) is 0 Å². The zero-order valence-electron chi connectivity index (χ0n) is 7.19. The van der Waals surface area contributed by atoms with Crippen LogP contribution in [0.4, 0.5) is 0 Å². The van der Waals surface area contributed by atoms with Gasteiger partial charge in [-0.25, -0.2) is 8.42 Å². The highest BCUT2D eigenvalue weighted by Gasteiger charge is 1.98.